The second kappa shape index (κ2) is 1.64. The summed E-state index contributed by atoms with van der Waals surface area (Å²) in [6.45, 7) is 0. The van der Waals surface area contributed by atoms with Gasteiger partial charge in [-0.25, -0.2) is 13.2 Å². The highest BCUT2D eigenvalue weighted by Gasteiger charge is 3.02. The molecule has 1 saturated carbocycles. The van der Waals surface area contributed by atoms with Crippen molar-refractivity contribution < 1.29 is 30.7 Å². The molecule has 0 amide bonds. The van der Waals surface area contributed by atoms with E-state index in [4.69, 9.17) is 0 Å². The maximum atomic E-state index is 11.9. The Morgan fingerprint density at radius 1 is 0.727 bits per heavy atom. The molecule has 0 saturated heterocycles. The summed E-state index contributed by atoms with van der Waals surface area (Å²) >= 11 is 0. The van der Waals surface area contributed by atoms with Crippen molar-refractivity contribution in [2.45, 2.75) is 23.9 Å². The predicted octanol–water partition coefficient (Wildman–Crippen LogP) is 2.24. The highest BCUT2D eigenvalue weighted by Crippen LogP contribution is 2.70. The topological polar surface area (TPSA) is 0 Å². The fraction of sp³-hybridized carbons (Fsp3) is 1.00. The first-order valence-electron chi connectivity index (χ1n) is 2.42. The normalized spacial score (nSPS) is 30.5. The molecule has 1 rings (SSSR count). The zero-order chi connectivity index (χ0) is 9.08. The van der Waals surface area contributed by atoms with Crippen molar-refractivity contribution in [2.75, 3.05) is 0 Å². The molecule has 7 heteroatoms. The molecule has 0 aromatic heterocycles. The highest BCUT2D eigenvalue weighted by molar-refractivity contribution is 5.30. The number of rotatable bonds is 1. The van der Waals surface area contributed by atoms with Gasteiger partial charge in [-0.15, -0.1) is 0 Å². The van der Waals surface area contributed by atoms with Gasteiger partial charge in [-0.1, -0.05) is 0 Å². The van der Waals surface area contributed by atoms with E-state index in [0.29, 0.717) is 0 Å². The van der Waals surface area contributed by atoms with Gasteiger partial charge in [0.2, 0.25) is 0 Å². The SMILES string of the molecule is FC(F)C1(F)C(F)(F)C1(F)F. The van der Waals surface area contributed by atoms with Crippen molar-refractivity contribution in [1.82, 2.24) is 0 Å². The van der Waals surface area contributed by atoms with Gasteiger partial charge in [-0.05, 0) is 0 Å². The Morgan fingerprint density at radius 3 is 1.00 bits per heavy atom. The fourth-order valence-corrected chi connectivity index (χ4v) is 0.680. The summed E-state index contributed by atoms with van der Waals surface area (Å²) in [6, 6.07) is 0. The van der Waals surface area contributed by atoms with E-state index in [9.17, 15) is 30.7 Å². The average molecular weight is 182 g/mol. The van der Waals surface area contributed by atoms with Crippen LogP contribution in [0.1, 0.15) is 0 Å². The molecule has 11 heavy (non-hydrogen) atoms. The van der Waals surface area contributed by atoms with Crippen molar-refractivity contribution in [2.24, 2.45) is 0 Å². The first kappa shape index (κ1) is 8.61. The lowest BCUT2D eigenvalue weighted by Crippen LogP contribution is -2.24. The predicted molar refractivity (Wildman–Crippen MR) is 19.7 cm³/mol. The fourth-order valence-electron chi connectivity index (χ4n) is 0.680. The third-order valence-corrected chi connectivity index (χ3v) is 1.55. The van der Waals surface area contributed by atoms with Crippen LogP contribution in [-0.2, 0) is 0 Å². The Kier molecular flexibility index (Phi) is 1.28. The summed E-state index contributed by atoms with van der Waals surface area (Å²) in [7, 11) is 0. The van der Waals surface area contributed by atoms with Gasteiger partial charge in [0.05, 0.1) is 0 Å². The largest absolute Gasteiger partial charge is 0.359 e. The van der Waals surface area contributed by atoms with Gasteiger partial charge in [0.25, 0.3) is 6.43 Å². The third kappa shape index (κ3) is 0.576. The zero-order valence-electron chi connectivity index (χ0n) is 4.72. The maximum Gasteiger partial charge on any atom is 0.359 e. The van der Waals surface area contributed by atoms with E-state index >= 15 is 0 Å². The second-order valence-electron chi connectivity index (χ2n) is 2.16. The lowest BCUT2D eigenvalue weighted by atomic mass is 10.4. The van der Waals surface area contributed by atoms with Crippen LogP contribution in [0.5, 0.6) is 0 Å². The lowest BCUT2D eigenvalue weighted by Gasteiger charge is -2.00. The van der Waals surface area contributed by atoms with Crippen LogP contribution in [0.4, 0.5) is 30.7 Å². The van der Waals surface area contributed by atoms with Gasteiger partial charge < -0.3 is 0 Å². The van der Waals surface area contributed by atoms with Crippen molar-refractivity contribution in [3.8, 4) is 0 Å². The lowest BCUT2D eigenvalue weighted by molar-refractivity contribution is -0.0496. The summed E-state index contributed by atoms with van der Waals surface area (Å²) in [5, 5.41) is 0. The summed E-state index contributed by atoms with van der Waals surface area (Å²) in [4.78, 5) is 0. The van der Waals surface area contributed by atoms with Gasteiger partial charge in [0, 0.05) is 0 Å². The minimum atomic E-state index is -5.23. The van der Waals surface area contributed by atoms with Crippen molar-refractivity contribution in [3.05, 3.63) is 0 Å². The molecule has 1 fully saturated rings. The number of halogens is 7. The van der Waals surface area contributed by atoms with Crippen LogP contribution in [0.3, 0.4) is 0 Å². The molecular weight excluding hydrogens is 181 g/mol. The van der Waals surface area contributed by atoms with Crippen LogP contribution in [0.25, 0.3) is 0 Å². The van der Waals surface area contributed by atoms with Crippen molar-refractivity contribution in [3.63, 3.8) is 0 Å². The minimum absolute atomic E-state index is 4.37. The van der Waals surface area contributed by atoms with E-state index in [0.717, 1.165) is 0 Å². The molecule has 0 atom stereocenters. The monoisotopic (exact) mass is 182 g/mol. The van der Waals surface area contributed by atoms with Crippen LogP contribution in [0.15, 0.2) is 0 Å². The molecule has 0 spiro atoms. The smallest absolute Gasteiger partial charge is 0.223 e. The molecule has 1 aliphatic carbocycles. The highest BCUT2D eigenvalue weighted by atomic mass is 19.3. The van der Waals surface area contributed by atoms with Gasteiger partial charge in [0.1, 0.15) is 0 Å². The average Bonchev–Trinajstić information content (AvgIpc) is 2.11. The Morgan fingerprint density at radius 2 is 1.00 bits per heavy atom. The molecule has 66 valence electrons. The number of hydrogen-bond acceptors (Lipinski definition) is 0. The zero-order valence-corrected chi connectivity index (χ0v) is 4.72. The van der Waals surface area contributed by atoms with E-state index in [-0.39, 0.29) is 0 Å². The van der Waals surface area contributed by atoms with Gasteiger partial charge in [0.15, 0.2) is 0 Å². The van der Waals surface area contributed by atoms with E-state index < -0.39 is 23.9 Å². The van der Waals surface area contributed by atoms with Crippen molar-refractivity contribution in [1.29, 1.82) is 0 Å². The Hall–Kier alpha value is -0.490. The van der Waals surface area contributed by atoms with Crippen LogP contribution in [0, 0.1) is 0 Å². The molecule has 0 aromatic carbocycles. The Bertz CT molecular complexity index is 169. The van der Waals surface area contributed by atoms with E-state index in [2.05, 4.69) is 0 Å². The van der Waals surface area contributed by atoms with Crippen molar-refractivity contribution >= 4 is 0 Å². The minimum Gasteiger partial charge on any atom is -0.223 e. The standard InChI is InChI=1S/C4HF7/c5-1(6)2(7)3(8,9)4(2,10)11/h1H. The molecule has 0 aliphatic heterocycles. The molecular formula is C4HF7. The molecule has 0 N–H and O–H groups in total. The van der Waals surface area contributed by atoms with Crippen LogP contribution >= 0.6 is 0 Å². The van der Waals surface area contributed by atoms with E-state index in [1.54, 1.807) is 0 Å². The third-order valence-electron chi connectivity index (χ3n) is 1.55. The van der Waals surface area contributed by atoms with Crippen LogP contribution < -0.4 is 0 Å². The van der Waals surface area contributed by atoms with Gasteiger partial charge in [-0.2, -0.15) is 17.6 Å². The molecule has 0 radical (unpaired) electrons. The quantitative estimate of drug-likeness (QED) is 0.545. The molecule has 0 aromatic rings. The number of hydrogen-bond donors (Lipinski definition) is 0. The number of alkyl halides is 7. The second-order valence-corrected chi connectivity index (χ2v) is 2.16. The van der Waals surface area contributed by atoms with Gasteiger partial charge >= 0.3 is 17.5 Å². The van der Waals surface area contributed by atoms with Gasteiger partial charge in [-0.3, -0.25) is 0 Å². The first-order valence-corrected chi connectivity index (χ1v) is 2.42. The Balaban J connectivity index is 2.96. The molecule has 0 unspecified atom stereocenters. The molecule has 0 bridgehead atoms. The summed E-state index contributed by atoms with van der Waals surface area (Å²) in [6.07, 6.45) is -4.37. The van der Waals surface area contributed by atoms with Crippen LogP contribution in [-0.4, -0.2) is 23.9 Å². The molecule has 0 nitrogen and oxygen atoms in total. The molecule has 0 heterocycles. The van der Waals surface area contributed by atoms with E-state index in [1.165, 1.54) is 0 Å². The van der Waals surface area contributed by atoms with Crippen LogP contribution in [0.2, 0.25) is 0 Å². The first-order chi connectivity index (χ1) is 4.69. The summed E-state index contributed by atoms with van der Waals surface area (Å²) < 4.78 is 80.9. The van der Waals surface area contributed by atoms with E-state index in [1.807, 2.05) is 0 Å². The maximum absolute atomic E-state index is 11.9. The Labute approximate surface area is 56.0 Å². The molecule has 1 aliphatic rings. The summed E-state index contributed by atoms with van der Waals surface area (Å²) in [5.41, 5.74) is -4.96. The summed E-state index contributed by atoms with van der Waals surface area (Å²) in [5.74, 6) is -10.5.